The Morgan fingerprint density at radius 3 is 2.30 bits per heavy atom. The van der Waals surface area contributed by atoms with Crippen LogP contribution in [-0.4, -0.2) is 9.97 Å². The lowest BCUT2D eigenvalue weighted by molar-refractivity contribution is 0.548. The molecule has 0 saturated heterocycles. The number of hydrogen-bond donors (Lipinski definition) is 1. The maximum absolute atomic E-state index is 13.6. The van der Waals surface area contributed by atoms with Crippen molar-refractivity contribution in [2.45, 2.75) is 20.3 Å². The summed E-state index contributed by atoms with van der Waals surface area (Å²) in [5, 5.41) is 2.70. The third kappa shape index (κ3) is 2.85. The van der Waals surface area contributed by atoms with Crippen LogP contribution in [0.2, 0.25) is 5.15 Å². The van der Waals surface area contributed by atoms with Gasteiger partial charge in [-0.1, -0.05) is 18.5 Å². The molecule has 2 aromatic rings. The maximum Gasteiger partial charge on any atom is 0.152 e. The molecule has 20 heavy (non-hydrogen) atoms. The molecule has 2 rings (SSSR count). The smallest absolute Gasteiger partial charge is 0.152 e. The third-order valence-electron chi connectivity index (χ3n) is 2.70. The quantitative estimate of drug-likeness (QED) is 0.865. The van der Waals surface area contributed by atoms with Crippen LogP contribution in [0.5, 0.6) is 0 Å². The Morgan fingerprint density at radius 2 is 1.75 bits per heavy atom. The van der Waals surface area contributed by atoms with E-state index in [4.69, 9.17) is 11.6 Å². The van der Waals surface area contributed by atoms with Crippen LogP contribution < -0.4 is 5.32 Å². The molecule has 1 N–H and O–H groups in total. The number of aromatic nitrogens is 2. The van der Waals surface area contributed by atoms with Crippen LogP contribution in [0.4, 0.5) is 24.7 Å². The lowest BCUT2D eigenvalue weighted by atomic mass is 10.2. The third-order valence-corrected chi connectivity index (χ3v) is 3.07. The molecule has 0 aliphatic heterocycles. The molecule has 0 atom stereocenters. The van der Waals surface area contributed by atoms with Crippen LogP contribution in [0.3, 0.4) is 0 Å². The average Bonchev–Trinajstić information content (AvgIpc) is 2.38. The zero-order valence-corrected chi connectivity index (χ0v) is 11.5. The van der Waals surface area contributed by atoms with Gasteiger partial charge >= 0.3 is 0 Å². The van der Waals surface area contributed by atoms with Crippen LogP contribution in [0.25, 0.3) is 0 Å². The highest BCUT2D eigenvalue weighted by Crippen LogP contribution is 2.27. The van der Waals surface area contributed by atoms with Gasteiger partial charge in [0, 0.05) is 24.1 Å². The van der Waals surface area contributed by atoms with Crippen molar-refractivity contribution in [3.63, 3.8) is 0 Å². The van der Waals surface area contributed by atoms with E-state index in [1.54, 1.807) is 6.92 Å². The van der Waals surface area contributed by atoms with Gasteiger partial charge in [-0.3, -0.25) is 0 Å². The van der Waals surface area contributed by atoms with Gasteiger partial charge in [-0.15, -0.1) is 0 Å². The normalized spacial score (nSPS) is 10.7. The molecule has 0 spiro atoms. The number of halogens is 4. The lowest BCUT2D eigenvalue weighted by Crippen LogP contribution is -2.06. The molecule has 1 aromatic carbocycles. The fourth-order valence-corrected chi connectivity index (χ4v) is 1.78. The van der Waals surface area contributed by atoms with E-state index in [0.29, 0.717) is 29.9 Å². The Bertz CT molecular complexity index is 639. The predicted octanol–water partition coefficient (Wildman–Crippen LogP) is 4.16. The van der Waals surface area contributed by atoms with E-state index in [0.717, 1.165) is 0 Å². The Kier molecular flexibility index (Phi) is 4.13. The molecule has 0 bridgehead atoms. The van der Waals surface area contributed by atoms with Gasteiger partial charge in [-0.2, -0.15) is 0 Å². The number of aryl methyl sites for hydroxylation is 1. The van der Waals surface area contributed by atoms with Crippen molar-refractivity contribution in [3.8, 4) is 0 Å². The van der Waals surface area contributed by atoms with Gasteiger partial charge < -0.3 is 5.32 Å². The van der Waals surface area contributed by atoms with Crippen LogP contribution in [-0.2, 0) is 6.42 Å². The standard InChI is InChI=1S/C13H11ClF3N3/c1-3-10-18-12(14)6(2)13(19-10)20-11-8(16)4-7(15)5-9(11)17/h4-5H,3H2,1-2H3,(H,18,19,20). The largest absolute Gasteiger partial charge is 0.335 e. The first-order valence-corrected chi connectivity index (χ1v) is 6.24. The molecule has 0 unspecified atom stereocenters. The predicted molar refractivity (Wildman–Crippen MR) is 70.8 cm³/mol. The molecule has 0 amide bonds. The molecule has 106 valence electrons. The summed E-state index contributed by atoms with van der Waals surface area (Å²) in [6.07, 6.45) is 0.517. The first-order chi connectivity index (χ1) is 9.42. The topological polar surface area (TPSA) is 37.8 Å². The second-order valence-electron chi connectivity index (χ2n) is 4.13. The van der Waals surface area contributed by atoms with E-state index in [-0.39, 0.29) is 11.0 Å². The highest BCUT2D eigenvalue weighted by atomic mass is 35.5. The summed E-state index contributed by atoms with van der Waals surface area (Å²) >= 11 is 5.93. The molecule has 7 heteroatoms. The van der Waals surface area contributed by atoms with Crippen molar-refractivity contribution in [2.24, 2.45) is 0 Å². The van der Waals surface area contributed by atoms with Crippen molar-refractivity contribution >= 4 is 23.1 Å². The van der Waals surface area contributed by atoms with Crippen LogP contribution in [0.15, 0.2) is 12.1 Å². The summed E-state index contributed by atoms with van der Waals surface area (Å²) in [4.78, 5) is 8.14. The van der Waals surface area contributed by atoms with E-state index in [1.165, 1.54) is 0 Å². The lowest BCUT2D eigenvalue weighted by Gasteiger charge is -2.12. The number of nitrogens with zero attached hydrogens (tertiary/aromatic N) is 2. The van der Waals surface area contributed by atoms with Gasteiger partial charge in [0.15, 0.2) is 11.6 Å². The number of rotatable bonds is 3. The van der Waals surface area contributed by atoms with Crippen LogP contribution >= 0.6 is 11.6 Å². The Labute approximate surface area is 118 Å². The molecule has 0 fully saturated rings. The summed E-state index contributed by atoms with van der Waals surface area (Å²) in [5.41, 5.74) is -0.0293. The monoisotopic (exact) mass is 301 g/mol. The van der Waals surface area contributed by atoms with Gasteiger partial charge in [0.25, 0.3) is 0 Å². The van der Waals surface area contributed by atoms with Crippen LogP contribution in [0.1, 0.15) is 18.3 Å². The molecule has 0 saturated carbocycles. The summed E-state index contributed by atoms with van der Waals surface area (Å²) in [5.74, 6) is -2.46. The van der Waals surface area contributed by atoms with E-state index in [1.807, 2.05) is 6.92 Å². The molecule has 1 heterocycles. The van der Waals surface area contributed by atoms with Gasteiger partial charge in [0.2, 0.25) is 0 Å². The fourth-order valence-electron chi connectivity index (χ4n) is 1.59. The van der Waals surface area contributed by atoms with E-state index in [9.17, 15) is 13.2 Å². The molecule has 0 radical (unpaired) electrons. The molecular formula is C13H11ClF3N3. The van der Waals surface area contributed by atoms with Crippen molar-refractivity contribution in [1.29, 1.82) is 0 Å². The Hall–Kier alpha value is -1.82. The second kappa shape index (κ2) is 5.66. The van der Waals surface area contributed by atoms with Gasteiger partial charge in [-0.25, -0.2) is 23.1 Å². The zero-order valence-electron chi connectivity index (χ0n) is 10.8. The number of benzene rings is 1. The van der Waals surface area contributed by atoms with Gasteiger partial charge in [0.05, 0.1) is 0 Å². The summed E-state index contributed by atoms with van der Waals surface area (Å²) in [6, 6.07) is 1.18. The maximum atomic E-state index is 13.6. The van der Waals surface area contributed by atoms with Crippen molar-refractivity contribution in [1.82, 2.24) is 9.97 Å². The molecule has 1 aromatic heterocycles. The van der Waals surface area contributed by atoms with Crippen LogP contribution in [0, 0.1) is 24.4 Å². The SMILES string of the molecule is CCc1nc(Cl)c(C)c(Nc2c(F)cc(F)cc2F)n1. The minimum atomic E-state index is -1.05. The van der Waals surface area contributed by atoms with Crippen molar-refractivity contribution in [3.05, 3.63) is 46.1 Å². The zero-order chi connectivity index (χ0) is 14.9. The van der Waals surface area contributed by atoms with E-state index >= 15 is 0 Å². The fraction of sp³-hybridized carbons (Fsp3) is 0.231. The number of nitrogens with one attached hydrogen (secondary N) is 1. The Morgan fingerprint density at radius 1 is 1.15 bits per heavy atom. The van der Waals surface area contributed by atoms with E-state index < -0.39 is 23.1 Å². The highest BCUT2D eigenvalue weighted by Gasteiger charge is 2.15. The number of anilines is 2. The van der Waals surface area contributed by atoms with Gasteiger partial charge in [-0.05, 0) is 6.92 Å². The number of hydrogen-bond acceptors (Lipinski definition) is 3. The minimum Gasteiger partial charge on any atom is -0.335 e. The van der Waals surface area contributed by atoms with E-state index in [2.05, 4.69) is 15.3 Å². The first kappa shape index (κ1) is 14.6. The molecule has 0 aliphatic carbocycles. The highest BCUT2D eigenvalue weighted by molar-refractivity contribution is 6.30. The Balaban J connectivity index is 2.47. The summed E-state index contributed by atoms with van der Waals surface area (Å²) in [7, 11) is 0. The van der Waals surface area contributed by atoms with Crippen molar-refractivity contribution < 1.29 is 13.2 Å². The first-order valence-electron chi connectivity index (χ1n) is 5.87. The molecular weight excluding hydrogens is 291 g/mol. The summed E-state index contributed by atoms with van der Waals surface area (Å²) in [6.45, 7) is 3.44. The average molecular weight is 302 g/mol. The molecule has 3 nitrogen and oxygen atoms in total. The van der Waals surface area contributed by atoms with Crippen molar-refractivity contribution in [2.75, 3.05) is 5.32 Å². The molecule has 0 aliphatic rings. The minimum absolute atomic E-state index is 0.186. The summed E-state index contributed by atoms with van der Waals surface area (Å²) < 4.78 is 40.0. The second-order valence-corrected chi connectivity index (χ2v) is 4.49. The van der Waals surface area contributed by atoms with Gasteiger partial charge in [0.1, 0.15) is 28.3 Å².